The van der Waals surface area contributed by atoms with Crippen molar-refractivity contribution in [1.82, 2.24) is 5.32 Å². The molecule has 0 fully saturated rings. The summed E-state index contributed by atoms with van der Waals surface area (Å²) in [6, 6.07) is 6.83. The Labute approximate surface area is 88.2 Å². The Morgan fingerprint density at radius 2 is 2.07 bits per heavy atom. The highest BCUT2D eigenvalue weighted by Gasteiger charge is 2.01. The molecule has 0 atom stereocenters. The topological polar surface area (TPSA) is 55.4 Å². The van der Waals surface area contributed by atoms with Gasteiger partial charge in [0.05, 0.1) is 0 Å². The molecular formula is C11H13NO3. The highest BCUT2D eigenvalue weighted by atomic mass is 16.5. The number of aldehydes is 1. The summed E-state index contributed by atoms with van der Waals surface area (Å²) in [5.74, 6) is 0.468. The molecule has 1 aromatic rings. The Hall–Kier alpha value is -1.84. The van der Waals surface area contributed by atoms with Crippen LogP contribution in [0, 0.1) is 0 Å². The summed E-state index contributed by atoms with van der Waals surface area (Å²) in [5, 5.41) is 2.52. The van der Waals surface area contributed by atoms with Crippen molar-refractivity contribution >= 4 is 12.4 Å². The van der Waals surface area contributed by atoms with Crippen LogP contribution in [0.25, 0.3) is 0 Å². The van der Waals surface area contributed by atoms with Gasteiger partial charge < -0.3 is 14.8 Å². The summed E-state index contributed by atoms with van der Waals surface area (Å²) >= 11 is 0. The third-order valence-corrected chi connectivity index (χ3v) is 1.77. The zero-order valence-corrected chi connectivity index (χ0v) is 8.53. The molecule has 0 aliphatic carbocycles. The van der Waals surface area contributed by atoms with Gasteiger partial charge in [0.1, 0.15) is 12.0 Å². The summed E-state index contributed by atoms with van der Waals surface area (Å²) in [6.45, 7) is 2.34. The van der Waals surface area contributed by atoms with Crippen LogP contribution >= 0.6 is 0 Å². The van der Waals surface area contributed by atoms with E-state index in [0.717, 1.165) is 11.8 Å². The van der Waals surface area contributed by atoms with E-state index in [-0.39, 0.29) is 0 Å². The van der Waals surface area contributed by atoms with E-state index in [1.165, 1.54) is 0 Å². The van der Waals surface area contributed by atoms with E-state index in [2.05, 4.69) is 5.32 Å². The molecule has 15 heavy (non-hydrogen) atoms. The molecular weight excluding hydrogens is 194 g/mol. The number of benzene rings is 1. The Bertz CT molecular complexity index is 332. The van der Waals surface area contributed by atoms with Crippen LogP contribution in [-0.2, 0) is 11.2 Å². The van der Waals surface area contributed by atoms with Crippen molar-refractivity contribution < 1.29 is 14.3 Å². The number of carbonyl (C=O) groups excluding carboxylic acids is 2. The molecule has 1 aromatic carbocycles. The Morgan fingerprint density at radius 3 is 2.60 bits per heavy atom. The van der Waals surface area contributed by atoms with Gasteiger partial charge in [-0.25, -0.2) is 4.79 Å². The van der Waals surface area contributed by atoms with Gasteiger partial charge in [0, 0.05) is 13.0 Å². The van der Waals surface area contributed by atoms with Crippen LogP contribution in [0.3, 0.4) is 0 Å². The molecule has 4 nitrogen and oxygen atoms in total. The first kappa shape index (κ1) is 11.2. The average molecular weight is 207 g/mol. The van der Waals surface area contributed by atoms with Crippen LogP contribution in [0.5, 0.6) is 5.75 Å². The molecule has 0 spiro atoms. The predicted molar refractivity (Wildman–Crippen MR) is 55.9 cm³/mol. The fraction of sp³-hybridized carbons (Fsp3) is 0.273. The van der Waals surface area contributed by atoms with E-state index in [1.54, 1.807) is 24.3 Å². The molecule has 1 amide bonds. The SMILES string of the molecule is CCNC(=O)Oc1ccc(CC=O)cc1. The molecule has 1 N–H and O–H groups in total. The van der Waals surface area contributed by atoms with E-state index >= 15 is 0 Å². The Balaban J connectivity index is 2.56. The normalized spacial score (nSPS) is 9.40. The van der Waals surface area contributed by atoms with Crippen LogP contribution in [0.15, 0.2) is 24.3 Å². The highest BCUT2D eigenvalue weighted by Crippen LogP contribution is 2.12. The molecule has 0 aliphatic heterocycles. The molecule has 80 valence electrons. The number of nitrogens with one attached hydrogen (secondary N) is 1. The van der Waals surface area contributed by atoms with Crippen molar-refractivity contribution in [3.8, 4) is 5.75 Å². The summed E-state index contributed by atoms with van der Waals surface area (Å²) in [4.78, 5) is 21.3. The lowest BCUT2D eigenvalue weighted by Gasteiger charge is -2.04. The van der Waals surface area contributed by atoms with Crippen molar-refractivity contribution in [3.05, 3.63) is 29.8 Å². The van der Waals surface area contributed by atoms with Gasteiger partial charge >= 0.3 is 6.09 Å². The Morgan fingerprint density at radius 1 is 1.40 bits per heavy atom. The zero-order chi connectivity index (χ0) is 11.1. The van der Waals surface area contributed by atoms with Gasteiger partial charge in [0.25, 0.3) is 0 Å². The molecule has 0 saturated heterocycles. The third-order valence-electron chi connectivity index (χ3n) is 1.77. The van der Waals surface area contributed by atoms with E-state index in [9.17, 15) is 9.59 Å². The lowest BCUT2D eigenvalue weighted by molar-refractivity contribution is -0.107. The maximum Gasteiger partial charge on any atom is 0.412 e. The molecule has 0 saturated carbocycles. The minimum Gasteiger partial charge on any atom is -0.410 e. The maximum atomic E-state index is 11.0. The fourth-order valence-electron chi connectivity index (χ4n) is 1.08. The monoisotopic (exact) mass is 207 g/mol. The van der Waals surface area contributed by atoms with E-state index in [4.69, 9.17) is 4.74 Å². The zero-order valence-electron chi connectivity index (χ0n) is 8.53. The number of hydrogen-bond donors (Lipinski definition) is 1. The summed E-state index contributed by atoms with van der Waals surface area (Å²) in [6.07, 6.45) is 0.738. The van der Waals surface area contributed by atoms with Crippen LogP contribution < -0.4 is 10.1 Å². The molecule has 0 bridgehead atoms. The first-order valence-electron chi connectivity index (χ1n) is 4.74. The maximum absolute atomic E-state index is 11.0. The second kappa shape index (κ2) is 5.80. The van der Waals surface area contributed by atoms with Crippen molar-refractivity contribution in [2.45, 2.75) is 13.3 Å². The van der Waals surface area contributed by atoms with Crippen LogP contribution in [0.4, 0.5) is 4.79 Å². The number of hydrogen-bond acceptors (Lipinski definition) is 3. The summed E-state index contributed by atoms with van der Waals surface area (Å²) < 4.78 is 4.95. The second-order valence-corrected chi connectivity index (χ2v) is 2.93. The molecule has 0 radical (unpaired) electrons. The van der Waals surface area contributed by atoms with Gasteiger partial charge in [-0.05, 0) is 24.6 Å². The minimum absolute atomic E-state index is 0.376. The molecule has 4 heteroatoms. The molecule has 0 heterocycles. The largest absolute Gasteiger partial charge is 0.412 e. The third kappa shape index (κ3) is 3.81. The van der Waals surface area contributed by atoms with Crippen molar-refractivity contribution in [2.24, 2.45) is 0 Å². The first-order valence-corrected chi connectivity index (χ1v) is 4.74. The van der Waals surface area contributed by atoms with E-state index in [0.29, 0.717) is 18.7 Å². The molecule has 0 unspecified atom stereocenters. The molecule has 0 aliphatic rings. The quantitative estimate of drug-likeness (QED) is 0.762. The van der Waals surface area contributed by atoms with Crippen LogP contribution in [0.1, 0.15) is 12.5 Å². The van der Waals surface area contributed by atoms with E-state index < -0.39 is 6.09 Å². The van der Waals surface area contributed by atoms with Gasteiger partial charge in [0.15, 0.2) is 0 Å². The summed E-state index contributed by atoms with van der Waals surface area (Å²) in [7, 11) is 0. The fourth-order valence-corrected chi connectivity index (χ4v) is 1.08. The lowest BCUT2D eigenvalue weighted by atomic mass is 10.2. The number of rotatable bonds is 4. The van der Waals surface area contributed by atoms with Gasteiger partial charge in [-0.2, -0.15) is 0 Å². The van der Waals surface area contributed by atoms with Gasteiger partial charge in [0.2, 0.25) is 0 Å². The number of carbonyl (C=O) groups is 2. The van der Waals surface area contributed by atoms with Gasteiger partial charge in [-0.3, -0.25) is 0 Å². The molecule has 0 aromatic heterocycles. The smallest absolute Gasteiger partial charge is 0.410 e. The van der Waals surface area contributed by atoms with Crippen molar-refractivity contribution in [2.75, 3.05) is 6.54 Å². The van der Waals surface area contributed by atoms with Gasteiger partial charge in [-0.1, -0.05) is 12.1 Å². The standard InChI is InChI=1S/C11H13NO3/c1-2-12-11(14)15-10-5-3-9(4-6-10)7-8-13/h3-6,8H,2,7H2,1H3,(H,12,14). The number of ether oxygens (including phenoxy) is 1. The minimum atomic E-state index is -0.472. The first-order chi connectivity index (χ1) is 7.26. The van der Waals surface area contributed by atoms with E-state index in [1.807, 2.05) is 6.92 Å². The predicted octanol–water partition coefficient (Wildman–Crippen LogP) is 1.54. The molecule has 1 rings (SSSR count). The summed E-state index contributed by atoms with van der Waals surface area (Å²) in [5.41, 5.74) is 0.897. The van der Waals surface area contributed by atoms with Crippen molar-refractivity contribution in [1.29, 1.82) is 0 Å². The highest BCUT2D eigenvalue weighted by molar-refractivity contribution is 5.70. The van der Waals surface area contributed by atoms with Crippen LogP contribution in [0.2, 0.25) is 0 Å². The average Bonchev–Trinajstić information content (AvgIpc) is 2.22. The Kier molecular flexibility index (Phi) is 4.34. The van der Waals surface area contributed by atoms with Crippen molar-refractivity contribution in [3.63, 3.8) is 0 Å². The number of amides is 1. The van der Waals surface area contributed by atoms with Gasteiger partial charge in [-0.15, -0.1) is 0 Å². The second-order valence-electron chi connectivity index (χ2n) is 2.93. The lowest BCUT2D eigenvalue weighted by Crippen LogP contribution is -2.26. The van der Waals surface area contributed by atoms with Crippen LogP contribution in [-0.4, -0.2) is 18.9 Å².